The highest BCUT2D eigenvalue weighted by molar-refractivity contribution is 6.32. The first-order valence-electron chi connectivity index (χ1n) is 8.74. The first-order chi connectivity index (χ1) is 11.9. The predicted molar refractivity (Wildman–Crippen MR) is 99.3 cm³/mol. The molecule has 0 bridgehead atoms. The average Bonchev–Trinajstić information content (AvgIpc) is 3.02. The Hall–Kier alpha value is -1.95. The van der Waals surface area contributed by atoms with E-state index in [1.54, 1.807) is 18.2 Å². The van der Waals surface area contributed by atoms with Crippen LogP contribution in [0.4, 0.5) is 10.5 Å². The number of hydrogen-bond donors (Lipinski definition) is 3. The minimum atomic E-state index is -0.373. The Labute approximate surface area is 153 Å². The number of ether oxygens (including phenoxy) is 1. The van der Waals surface area contributed by atoms with Crippen molar-refractivity contribution in [2.75, 3.05) is 11.9 Å². The molecule has 1 aromatic carbocycles. The first-order valence-corrected chi connectivity index (χ1v) is 9.12. The Bertz CT molecular complexity index is 601. The lowest BCUT2D eigenvalue weighted by atomic mass is 10.2. The van der Waals surface area contributed by atoms with Crippen LogP contribution < -0.4 is 20.7 Å². The van der Waals surface area contributed by atoms with Crippen LogP contribution in [0.15, 0.2) is 18.2 Å². The molecule has 0 aliphatic heterocycles. The van der Waals surface area contributed by atoms with Crippen molar-refractivity contribution in [3.8, 4) is 5.75 Å². The lowest BCUT2D eigenvalue weighted by Gasteiger charge is -2.13. The fraction of sp³-hybridized carbons (Fsp3) is 0.556. The van der Waals surface area contributed by atoms with Gasteiger partial charge in [0.25, 0.3) is 0 Å². The number of halogens is 1. The number of nitrogens with one attached hydrogen (secondary N) is 3. The molecule has 0 heterocycles. The molecule has 0 saturated heterocycles. The molecule has 25 heavy (non-hydrogen) atoms. The Morgan fingerprint density at radius 3 is 2.64 bits per heavy atom. The first kappa shape index (κ1) is 19.4. The third-order valence-electron chi connectivity index (χ3n) is 3.91. The summed E-state index contributed by atoms with van der Waals surface area (Å²) in [5.41, 5.74) is 0.564. The zero-order chi connectivity index (χ0) is 18.2. The van der Waals surface area contributed by atoms with E-state index in [4.69, 9.17) is 16.3 Å². The quantitative estimate of drug-likeness (QED) is 0.687. The highest BCUT2D eigenvalue weighted by Crippen LogP contribution is 2.28. The number of amides is 3. The molecule has 1 aliphatic rings. The molecule has 1 saturated carbocycles. The Balaban J connectivity index is 1.70. The van der Waals surface area contributed by atoms with Gasteiger partial charge in [-0.25, -0.2) is 4.79 Å². The van der Waals surface area contributed by atoms with Crippen LogP contribution >= 0.6 is 11.6 Å². The van der Waals surface area contributed by atoms with Crippen LogP contribution in [0.3, 0.4) is 0 Å². The van der Waals surface area contributed by atoms with Crippen LogP contribution in [-0.2, 0) is 4.79 Å². The molecule has 0 aromatic heterocycles. The van der Waals surface area contributed by atoms with Gasteiger partial charge < -0.3 is 20.7 Å². The van der Waals surface area contributed by atoms with Crippen molar-refractivity contribution in [3.63, 3.8) is 0 Å². The SMILES string of the molecule is CC(C)Oc1ccc(NC(=O)NCCC(=O)NC2CCCC2)cc1Cl. The summed E-state index contributed by atoms with van der Waals surface area (Å²) >= 11 is 6.13. The van der Waals surface area contributed by atoms with Crippen LogP contribution in [-0.4, -0.2) is 30.6 Å². The maximum atomic E-state index is 11.9. The van der Waals surface area contributed by atoms with E-state index in [2.05, 4.69) is 16.0 Å². The Morgan fingerprint density at radius 2 is 2.00 bits per heavy atom. The molecule has 6 nitrogen and oxygen atoms in total. The van der Waals surface area contributed by atoms with Crippen molar-refractivity contribution in [3.05, 3.63) is 23.2 Å². The standard InChI is InChI=1S/C18H26ClN3O3/c1-12(2)25-16-8-7-14(11-15(16)19)22-18(24)20-10-9-17(23)21-13-5-3-4-6-13/h7-8,11-13H,3-6,9-10H2,1-2H3,(H,21,23)(H2,20,22,24). The van der Waals surface area contributed by atoms with E-state index in [1.807, 2.05) is 13.8 Å². The van der Waals surface area contributed by atoms with Gasteiger partial charge in [0, 0.05) is 24.7 Å². The molecule has 3 N–H and O–H groups in total. The molecule has 0 radical (unpaired) electrons. The van der Waals surface area contributed by atoms with Crippen molar-refractivity contribution in [2.24, 2.45) is 0 Å². The summed E-state index contributed by atoms with van der Waals surface area (Å²) in [5, 5.41) is 8.78. The van der Waals surface area contributed by atoms with E-state index >= 15 is 0 Å². The summed E-state index contributed by atoms with van der Waals surface area (Å²) in [5.74, 6) is 0.552. The maximum absolute atomic E-state index is 11.9. The smallest absolute Gasteiger partial charge is 0.319 e. The zero-order valence-corrected chi connectivity index (χ0v) is 15.5. The highest BCUT2D eigenvalue weighted by Gasteiger charge is 2.16. The molecule has 0 atom stereocenters. The van der Waals surface area contributed by atoms with Gasteiger partial charge in [0.2, 0.25) is 5.91 Å². The van der Waals surface area contributed by atoms with Gasteiger partial charge >= 0.3 is 6.03 Å². The average molecular weight is 368 g/mol. The van der Waals surface area contributed by atoms with Crippen molar-refractivity contribution < 1.29 is 14.3 Å². The van der Waals surface area contributed by atoms with Gasteiger partial charge in [0.05, 0.1) is 11.1 Å². The van der Waals surface area contributed by atoms with Gasteiger partial charge in [0.15, 0.2) is 0 Å². The Kier molecular flexibility index (Phi) is 7.37. The maximum Gasteiger partial charge on any atom is 0.319 e. The molecular weight excluding hydrogens is 342 g/mol. The fourth-order valence-electron chi connectivity index (χ4n) is 2.76. The molecular formula is C18H26ClN3O3. The van der Waals surface area contributed by atoms with E-state index in [0.717, 1.165) is 12.8 Å². The summed E-state index contributed by atoms with van der Waals surface area (Å²) in [7, 11) is 0. The van der Waals surface area contributed by atoms with E-state index in [1.165, 1.54) is 12.8 Å². The van der Waals surface area contributed by atoms with Crippen LogP contribution in [0.25, 0.3) is 0 Å². The normalized spacial score (nSPS) is 14.4. The molecule has 0 unspecified atom stereocenters. The monoisotopic (exact) mass is 367 g/mol. The molecule has 1 aliphatic carbocycles. The van der Waals surface area contributed by atoms with Crippen molar-refractivity contribution in [1.29, 1.82) is 0 Å². The number of carbonyl (C=O) groups is 2. The molecule has 1 aromatic rings. The second kappa shape index (κ2) is 9.51. The summed E-state index contributed by atoms with van der Waals surface area (Å²) in [6.07, 6.45) is 4.75. The van der Waals surface area contributed by atoms with Crippen molar-refractivity contribution >= 4 is 29.2 Å². The van der Waals surface area contributed by atoms with Crippen LogP contribution in [0.2, 0.25) is 5.02 Å². The minimum Gasteiger partial charge on any atom is -0.489 e. The summed E-state index contributed by atoms with van der Waals surface area (Å²) in [4.78, 5) is 23.7. The summed E-state index contributed by atoms with van der Waals surface area (Å²) in [6, 6.07) is 4.99. The Morgan fingerprint density at radius 1 is 1.28 bits per heavy atom. The van der Waals surface area contributed by atoms with Crippen molar-refractivity contribution in [1.82, 2.24) is 10.6 Å². The van der Waals surface area contributed by atoms with Gasteiger partial charge in [0.1, 0.15) is 5.75 Å². The number of anilines is 1. The molecule has 3 amide bonds. The van der Waals surface area contributed by atoms with Crippen molar-refractivity contribution in [2.45, 2.75) is 58.1 Å². The number of benzene rings is 1. The number of hydrogen-bond acceptors (Lipinski definition) is 3. The van der Waals surface area contributed by atoms with Gasteiger partial charge in [-0.15, -0.1) is 0 Å². The van der Waals surface area contributed by atoms with E-state index in [-0.39, 0.29) is 31.0 Å². The summed E-state index contributed by atoms with van der Waals surface area (Å²) in [6.45, 7) is 4.12. The molecule has 7 heteroatoms. The lowest BCUT2D eigenvalue weighted by molar-refractivity contribution is -0.121. The molecule has 2 rings (SSSR count). The zero-order valence-electron chi connectivity index (χ0n) is 14.7. The summed E-state index contributed by atoms with van der Waals surface area (Å²) < 4.78 is 5.55. The van der Waals surface area contributed by atoms with Crippen LogP contribution in [0.1, 0.15) is 46.0 Å². The predicted octanol–water partition coefficient (Wildman–Crippen LogP) is 3.70. The highest BCUT2D eigenvalue weighted by atomic mass is 35.5. The minimum absolute atomic E-state index is 0.0227. The largest absolute Gasteiger partial charge is 0.489 e. The van der Waals surface area contributed by atoms with Gasteiger partial charge in [-0.2, -0.15) is 0 Å². The third-order valence-corrected chi connectivity index (χ3v) is 4.21. The van der Waals surface area contributed by atoms with Gasteiger partial charge in [-0.1, -0.05) is 24.4 Å². The van der Waals surface area contributed by atoms with Crippen LogP contribution in [0.5, 0.6) is 5.75 Å². The second-order valence-electron chi connectivity index (χ2n) is 6.49. The molecule has 0 spiro atoms. The topological polar surface area (TPSA) is 79.5 Å². The number of carbonyl (C=O) groups excluding carboxylic acids is 2. The van der Waals surface area contributed by atoms with E-state index < -0.39 is 0 Å². The van der Waals surface area contributed by atoms with Crippen LogP contribution in [0, 0.1) is 0 Å². The van der Waals surface area contributed by atoms with Gasteiger partial charge in [-0.3, -0.25) is 4.79 Å². The molecule has 1 fully saturated rings. The van der Waals surface area contributed by atoms with E-state index in [9.17, 15) is 9.59 Å². The lowest BCUT2D eigenvalue weighted by Crippen LogP contribution is -2.36. The molecule has 138 valence electrons. The second-order valence-corrected chi connectivity index (χ2v) is 6.90. The van der Waals surface area contributed by atoms with E-state index in [0.29, 0.717) is 22.5 Å². The third kappa shape index (κ3) is 6.82. The van der Waals surface area contributed by atoms with Gasteiger partial charge in [-0.05, 0) is 44.9 Å². The number of rotatable bonds is 7. The fourth-order valence-corrected chi connectivity index (χ4v) is 2.99. The number of urea groups is 1.